The average Bonchev–Trinajstić information content (AvgIpc) is 2.87. The summed E-state index contributed by atoms with van der Waals surface area (Å²) in [7, 11) is 0. The number of fused-ring (bicyclic) bond motifs is 1. The third kappa shape index (κ3) is 4.71. The van der Waals surface area contributed by atoms with Crippen LogP contribution >= 0.6 is 23.1 Å². The van der Waals surface area contributed by atoms with Crippen molar-refractivity contribution in [3.63, 3.8) is 0 Å². The quantitative estimate of drug-likeness (QED) is 0.822. The Morgan fingerprint density at radius 2 is 2.00 bits per heavy atom. The van der Waals surface area contributed by atoms with E-state index < -0.39 is 6.03 Å². The second kappa shape index (κ2) is 7.60. The molecule has 22 heavy (non-hydrogen) atoms. The zero-order valence-corrected chi connectivity index (χ0v) is 14.4. The van der Waals surface area contributed by atoms with Crippen LogP contribution in [0, 0.1) is 5.92 Å². The van der Waals surface area contributed by atoms with Gasteiger partial charge in [0.2, 0.25) is 5.91 Å². The van der Waals surface area contributed by atoms with Crippen molar-refractivity contribution in [3.8, 4) is 0 Å². The largest absolute Gasteiger partial charge is 0.338 e. The Morgan fingerprint density at radius 1 is 1.27 bits per heavy atom. The van der Waals surface area contributed by atoms with Gasteiger partial charge in [-0.3, -0.25) is 10.1 Å². The summed E-state index contributed by atoms with van der Waals surface area (Å²) in [5.74, 6) is 0.0286. The number of carbonyl (C=O) groups excluding carboxylic acids is 2. The molecular weight excluding hydrogens is 318 g/mol. The lowest BCUT2D eigenvalue weighted by molar-refractivity contribution is -0.119. The van der Waals surface area contributed by atoms with Crippen LogP contribution in [0.25, 0.3) is 10.2 Å². The summed E-state index contributed by atoms with van der Waals surface area (Å²) < 4.78 is 1.92. The van der Waals surface area contributed by atoms with Crippen LogP contribution in [-0.2, 0) is 4.79 Å². The van der Waals surface area contributed by atoms with E-state index in [2.05, 4.69) is 15.6 Å². The summed E-state index contributed by atoms with van der Waals surface area (Å²) in [6.45, 7) is 6.29. The summed E-state index contributed by atoms with van der Waals surface area (Å²) >= 11 is 2.91. The highest BCUT2D eigenvalue weighted by molar-refractivity contribution is 8.02. The lowest BCUT2D eigenvalue weighted by Crippen LogP contribution is -2.43. The molecule has 0 radical (unpaired) electrons. The van der Waals surface area contributed by atoms with E-state index >= 15 is 0 Å². The number of imide groups is 1. The van der Waals surface area contributed by atoms with Crippen molar-refractivity contribution in [2.75, 3.05) is 6.54 Å². The smallest absolute Gasteiger partial charge is 0.321 e. The second-order valence-electron chi connectivity index (χ2n) is 5.30. The molecule has 1 aromatic carbocycles. The summed E-state index contributed by atoms with van der Waals surface area (Å²) in [4.78, 5) is 28.1. The molecular formula is C15H19N3O2S2. The van der Waals surface area contributed by atoms with Gasteiger partial charge in [-0.05, 0) is 25.0 Å². The number of amides is 3. The van der Waals surface area contributed by atoms with Gasteiger partial charge in [0.05, 0.1) is 15.5 Å². The van der Waals surface area contributed by atoms with Crippen molar-refractivity contribution in [1.29, 1.82) is 0 Å². The molecule has 118 valence electrons. The molecule has 5 nitrogen and oxygen atoms in total. The van der Waals surface area contributed by atoms with Crippen LogP contribution in [-0.4, -0.2) is 28.7 Å². The summed E-state index contributed by atoms with van der Waals surface area (Å²) in [6, 6.07) is 7.40. The number of urea groups is 1. The van der Waals surface area contributed by atoms with E-state index in [4.69, 9.17) is 0 Å². The molecule has 0 saturated heterocycles. The standard InChI is InChI=1S/C15H19N3O2S2/c1-9(2)8-16-14(20)18-13(19)10(3)21-15-17-11-6-4-5-7-12(11)22-15/h4-7,9-10H,8H2,1-3H3,(H2,16,18,19,20). The van der Waals surface area contributed by atoms with Crippen LogP contribution in [0.2, 0.25) is 0 Å². The van der Waals surface area contributed by atoms with Gasteiger partial charge in [0, 0.05) is 6.54 Å². The van der Waals surface area contributed by atoms with Gasteiger partial charge in [0.25, 0.3) is 0 Å². The summed E-state index contributed by atoms with van der Waals surface area (Å²) in [6.07, 6.45) is 0. The Balaban J connectivity index is 1.89. The van der Waals surface area contributed by atoms with Gasteiger partial charge >= 0.3 is 6.03 Å². The molecule has 1 atom stereocenters. The maximum atomic E-state index is 12.0. The molecule has 1 aromatic heterocycles. The van der Waals surface area contributed by atoms with Crippen molar-refractivity contribution in [2.45, 2.75) is 30.4 Å². The van der Waals surface area contributed by atoms with E-state index in [1.807, 2.05) is 38.1 Å². The Kier molecular flexibility index (Phi) is 5.79. The third-order valence-corrected chi connectivity index (χ3v) is 5.06. The molecule has 1 unspecified atom stereocenters. The molecule has 0 fully saturated rings. The lowest BCUT2D eigenvalue weighted by atomic mass is 10.2. The van der Waals surface area contributed by atoms with E-state index in [-0.39, 0.29) is 11.2 Å². The number of rotatable bonds is 5. The van der Waals surface area contributed by atoms with Gasteiger partial charge in [-0.25, -0.2) is 9.78 Å². The van der Waals surface area contributed by atoms with Gasteiger partial charge in [0.15, 0.2) is 4.34 Å². The van der Waals surface area contributed by atoms with E-state index in [0.717, 1.165) is 14.6 Å². The molecule has 0 aliphatic carbocycles. The topological polar surface area (TPSA) is 71.1 Å². The average molecular weight is 337 g/mol. The van der Waals surface area contributed by atoms with Crippen molar-refractivity contribution in [3.05, 3.63) is 24.3 Å². The molecule has 0 saturated carbocycles. The van der Waals surface area contributed by atoms with Gasteiger partial charge in [-0.1, -0.05) is 37.7 Å². The number of thiazole rings is 1. The van der Waals surface area contributed by atoms with Crippen LogP contribution in [0.4, 0.5) is 4.79 Å². The summed E-state index contributed by atoms with van der Waals surface area (Å²) in [5, 5.41) is 4.63. The van der Waals surface area contributed by atoms with E-state index in [9.17, 15) is 9.59 Å². The molecule has 2 rings (SSSR count). The number of nitrogens with zero attached hydrogens (tertiary/aromatic N) is 1. The van der Waals surface area contributed by atoms with Crippen molar-refractivity contribution < 1.29 is 9.59 Å². The first kappa shape index (κ1) is 16.8. The Labute approximate surface area is 137 Å². The fourth-order valence-corrected chi connectivity index (χ4v) is 3.87. The predicted molar refractivity (Wildman–Crippen MR) is 91.3 cm³/mol. The summed E-state index contributed by atoms with van der Waals surface area (Å²) in [5.41, 5.74) is 0.928. The van der Waals surface area contributed by atoms with Crippen LogP contribution in [0.15, 0.2) is 28.6 Å². The minimum Gasteiger partial charge on any atom is -0.338 e. The molecule has 0 aliphatic rings. The highest BCUT2D eigenvalue weighted by Gasteiger charge is 2.18. The first-order valence-corrected chi connectivity index (χ1v) is 8.76. The Bertz CT molecular complexity index is 637. The zero-order chi connectivity index (χ0) is 16.1. The lowest BCUT2D eigenvalue weighted by Gasteiger charge is -2.11. The fraction of sp³-hybridized carbons (Fsp3) is 0.400. The van der Waals surface area contributed by atoms with Crippen LogP contribution in [0.1, 0.15) is 20.8 Å². The van der Waals surface area contributed by atoms with E-state index in [1.165, 1.54) is 11.8 Å². The van der Waals surface area contributed by atoms with Crippen molar-refractivity contribution in [1.82, 2.24) is 15.6 Å². The van der Waals surface area contributed by atoms with Gasteiger partial charge in [-0.15, -0.1) is 11.3 Å². The number of para-hydroxylation sites is 1. The minimum absolute atomic E-state index is 0.314. The molecule has 7 heteroatoms. The molecule has 2 N–H and O–H groups in total. The normalized spacial score (nSPS) is 12.4. The van der Waals surface area contributed by atoms with Gasteiger partial charge < -0.3 is 5.32 Å². The Morgan fingerprint density at radius 3 is 2.68 bits per heavy atom. The van der Waals surface area contributed by atoms with Crippen LogP contribution in [0.3, 0.4) is 0 Å². The molecule has 3 amide bonds. The number of nitrogens with one attached hydrogen (secondary N) is 2. The number of hydrogen-bond acceptors (Lipinski definition) is 5. The zero-order valence-electron chi connectivity index (χ0n) is 12.8. The monoisotopic (exact) mass is 337 g/mol. The van der Waals surface area contributed by atoms with E-state index in [0.29, 0.717) is 12.5 Å². The maximum Gasteiger partial charge on any atom is 0.321 e. The minimum atomic E-state index is -0.449. The molecule has 1 heterocycles. The van der Waals surface area contributed by atoms with Crippen LogP contribution < -0.4 is 10.6 Å². The number of thioether (sulfide) groups is 1. The number of aromatic nitrogens is 1. The van der Waals surface area contributed by atoms with Gasteiger partial charge in [-0.2, -0.15) is 0 Å². The second-order valence-corrected chi connectivity index (χ2v) is 7.92. The molecule has 0 aliphatic heterocycles. The third-order valence-electron chi connectivity index (χ3n) is 2.83. The molecule has 0 spiro atoms. The number of hydrogen-bond donors (Lipinski definition) is 2. The fourth-order valence-electron chi connectivity index (χ4n) is 1.66. The highest BCUT2D eigenvalue weighted by atomic mass is 32.2. The van der Waals surface area contributed by atoms with Crippen LogP contribution in [0.5, 0.6) is 0 Å². The van der Waals surface area contributed by atoms with Crippen molar-refractivity contribution in [2.24, 2.45) is 5.92 Å². The predicted octanol–water partition coefficient (Wildman–Crippen LogP) is 3.26. The number of benzene rings is 1. The van der Waals surface area contributed by atoms with Gasteiger partial charge in [0.1, 0.15) is 0 Å². The number of carbonyl (C=O) groups is 2. The maximum absolute atomic E-state index is 12.0. The van der Waals surface area contributed by atoms with E-state index in [1.54, 1.807) is 18.3 Å². The molecule has 2 aromatic rings. The highest BCUT2D eigenvalue weighted by Crippen LogP contribution is 2.31. The van der Waals surface area contributed by atoms with Crippen molar-refractivity contribution >= 4 is 45.3 Å². The first-order valence-electron chi connectivity index (χ1n) is 7.06. The Hall–Kier alpha value is -1.60. The SMILES string of the molecule is CC(C)CNC(=O)NC(=O)C(C)Sc1nc2ccccc2s1. The molecule has 0 bridgehead atoms. The first-order chi connectivity index (χ1) is 10.5.